The third-order valence-corrected chi connectivity index (χ3v) is 3.86. The molecule has 6 heteroatoms. The van der Waals surface area contributed by atoms with E-state index < -0.39 is 18.1 Å². The summed E-state index contributed by atoms with van der Waals surface area (Å²) >= 11 is 0. The van der Waals surface area contributed by atoms with E-state index in [0.29, 0.717) is 13.0 Å². The van der Waals surface area contributed by atoms with Crippen LogP contribution in [0, 0.1) is 0 Å². The van der Waals surface area contributed by atoms with Gasteiger partial charge in [0.05, 0.1) is 13.2 Å². The van der Waals surface area contributed by atoms with Crippen LogP contribution in [0.4, 0.5) is 4.79 Å². The Kier molecular flexibility index (Phi) is 6.14. The van der Waals surface area contributed by atoms with Gasteiger partial charge in [-0.05, 0) is 24.8 Å². The molecule has 124 valence electrons. The van der Waals surface area contributed by atoms with Crippen molar-refractivity contribution in [2.24, 2.45) is 0 Å². The second-order valence-electron chi connectivity index (χ2n) is 5.46. The van der Waals surface area contributed by atoms with Gasteiger partial charge >= 0.3 is 12.1 Å². The summed E-state index contributed by atoms with van der Waals surface area (Å²) in [4.78, 5) is 37.2. The molecule has 6 nitrogen and oxygen atoms in total. The number of ether oxygens (including phenoxy) is 2. The van der Waals surface area contributed by atoms with Crippen molar-refractivity contribution in [2.45, 2.75) is 38.3 Å². The Hall–Kier alpha value is -2.37. The maximum Gasteiger partial charge on any atom is 0.410 e. The summed E-state index contributed by atoms with van der Waals surface area (Å²) in [7, 11) is 1.24. The van der Waals surface area contributed by atoms with E-state index in [1.807, 2.05) is 30.3 Å². The number of esters is 1. The number of nitrogens with zero attached hydrogens (tertiary/aromatic N) is 1. The Morgan fingerprint density at radius 3 is 2.61 bits per heavy atom. The molecule has 2 rings (SSSR count). The molecule has 1 atom stereocenters. The van der Waals surface area contributed by atoms with Crippen molar-refractivity contribution < 1.29 is 23.9 Å². The Labute approximate surface area is 135 Å². The molecule has 23 heavy (non-hydrogen) atoms. The molecule has 0 aliphatic carbocycles. The third-order valence-electron chi connectivity index (χ3n) is 3.86. The second-order valence-corrected chi connectivity index (χ2v) is 5.46. The third kappa shape index (κ3) is 4.81. The molecule has 1 heterocycles. The molecule has 1 aliphatic rings. The summed E-state index contributed by atoms with van der Waals surface area (Å²) in [6, 6.07) is 8.75. The van der Waals surface area contributed by atoms with Gasteiger partial charge in [-0.1, -0.05) is 30.3 Å². The van der Waals surface area contributed by atoms with E-state index in [0.717, 1.165) is 18.4 Å². The fraction of sp³-hybridized carbons (Fsp3) is 0.471. The second kappa shape index (κ2) is 8.31. The van der Waals surface area contributed by atoms with Gasteiger partial charge in [-0.2, -0.15) is 0 Å². The predicted molar refractivity (Wildman–Crippen MR) is 82.6 cm³/mol. The van der Waals surface area contributed by atoms with Gasteiger partial charge in [0.2, 0.25) is 0 Å². The minimum Gasteiger partial charge on any atom is -0.469 e. The van der Waals surface area contributed by atoms with Gasteiger partial charge in [-0.3, -0.25) is 14.5 Å². The Morgan fingerprint density at radius 2 is 1.91 bits per heavy atom. The Balaban J connectivity index is 1.95. The van der Waals surface area contributed by atoms with Gasteiger partial charge < -0.3 is 9.47 Å². The molecule has 0 saturated carbocycles. The highest BCUT2D eigenvalue weighted by molar-refractivity contribution is 5.99. The van der Waals surface area contributed by atoms with Gasteiger partial charge in [0, 0.05) is 6.54 Å². The fourth-order valence-corrected chi connectivity index (χ4v) is 2.62. The minimum absolute atomic E-state index is 0.161. The number of carbonyl (C=O) groups excluding carboxylic acids is 3. The summed E-state index contributed by atoms with van der Waals surface area (Å²) in [5, 5.41) is 0. The van der Waals surface area contributed by atoms with Gasteiger partial charge in [0.1, 0.15) is 13.0 Å². The highest BCUT2D eigenvalue weighted by atomic mass is 16.6. The molecule has 0 aromatic heterocycles. The first kappa shape index (κ1) is 17.0. The summed E-state index contributed by atoms with van der Waals surface area (Å²) in [6.45, 7) is 0.624. The van der Waals surface area contributed by atoms with Crippen LogP contribution < -0.4 is 0 Å². The van der Waals surface area contributed by atoms with Gasteiger partial charge in [-0.25, -0.2) is 4.79 Å². The van der Waals surface area contributed by atoms with Gasteiger partial charge in [0.25, 0.3) is 0 Å². The Morgan fingerprint density at radius 1 is 1.17 bits per heavy atom. The molecular formula is C17H21NO5. The zero-order valence-corrected chi connectivity index (χ0v) is 13.2. The number of ketones is 1. The van der Waals surface area contributed by atoms with Crippen molar-refractivity contribution in [1.29, 1.82) is 0 Å². The van der Waals surface area contributed by atoms with Crippen molar-refractivity contribution >= 4 is 17.8 Å². The van der Waals surface area contributed by atoms with E-state index in [4.69, 9.17) is 4.74 Å². The average molecular weight is 319 g/mol. The molecule has 1 amide bonds. The molecule has 0 N–H and O–H groups in total. The summed E-state index contributed by atoms with van der Waals surface area (Å²) in [6.07, 6.45) is 1.39. The van der Waals surface area contributed by atoms with Crippen molar-refractivity contribution in [3.8, 4) is 0 Å². The first-order valence-corrected chi connectivity index (χ1v) is 7.68. The normalized spacial score (nSPS) is 17.4. The van der Waals surface area contributed by atoms with E-state index in [9.17, 15) is 14.4 Å². The van der Waals surface area contributed by atoms with E-state index in [2.05, 4.69) is 4.74 Å². The average Bonchev–Trinajstić information content (AvgIpc) is 2.60. The van der Waals surface area contributed by atoms with Crippen LogP contribution in [0.25, 0.3) is 0 Å². The van der Waals surface area contributed by atoms with Crippen LogP contribution in [0.2, 0.25) is 0 Å². The van der Waals surface area contributed by atoms with Crippen molar-refractivity contribution in [3.05, 3.63) is 35.9 Å². The lowest BCUT2D eigenvalue weighted by atomic mass is 9.97. The number of carbonyl (C=O) groups is 3. The lowest BCUT2D eigenvalue weighted by molar-refractivity contribution is -0.144. The number of piperidine rings is 1. The largest absolute Gasteiger partial charge is 0.469 e. The summed E-state index contributed by atoms with van der Waals surface area (Å²) in [5.41, 5.74) is 0.885. The number of hydrogen-bond donors (Lipinski definition) is 0. The number of Topliss-reactive ketones (excluding diaryl/α,β-unsaturated/α-hetero) is 1. The maximum atomic E-state index is 12.3. The number of rotatable bonds is 5. The molecule has 1 saturated heterocycles. The van der Waals surface area contributed by atoms with E-state index >= 15 is 0 Å². The van der Waals surface area contributed by atoms with Crippen LogP contribution in [-0.4, -0.2) is 42.4 Å². The lowest BCUT2D eigenvalue weighted by Crippen LogP contribution is -2.48. The van der Waals surface area contributed by atoms with Gasteiger partial charge in [-0.15, -0.1) is 0 Å². The molecule has 1 aromatic rings. The van der Waals surface area contributed by atoms with Crippen LogP contribution in [0.3, 0.4) is 0 Å². The number of benzene rings is 1. The van der Waals surface area contributed by atoms with Crippen molar-refractivity contribution in [3.63, 3.8) is 0 Å². The smallest absolute Gasteiger partial charge is 0.410 e. The Bertz CT molecular complexity index is 557. The van der Waals surface area contributed by atoms with Crippen LogP contribution >= 0.6 is 0 Å². The SMILES string of the molecule is COC(=O)CC(=O)C1CCCCN1C(=O)OCc1ccccc1. The van der Waals surface area contributed by atoms with Gasteiger partial charge in [0.15, 0.2) is 5.78 Å². The number of methoxy groups -OCH3 is 1. The minimum atomic E-state index is -0.605. The van der Waals surface area contributed by atoms with Crippen LogP contribution in [-0.2, 0) is 25.7 Å². The molecule has 1 aliphatic heterocycles. The van der Waals surface area contributed by atoms with Crippen molar-refractivity contribution in [1.82, 2.24) is 4.90 Å². The quantitative estimate of drug-likeness (QED) is 0.615. The predicted octanol–water partition coefficient (Wildman–Crippen LogP) is 2.31. The number of amides is 1. The first-order valence-electron chi connectivity index (χ1n) is 7.68. The molecule has 0 bridgehead atoms. The molecule has 1 aromatic carbocycles. The molecular weight excluding hydrogens is 298 g/mol. The maximum absolute atomic E-state index is 12.3. The monoisotopic (exact) mass is 319 g/mol. The zero-order valence-electron chi connectivity index (χ0n) is 13.2. The van der Waals surface area contributed by atoms with Crippen LogP contribution in [0.1, 0.15) is 31.2 Å². The number of likely N-dealkylation sites (tertiary alicyclic amines) is 1. The van der Waals surface area contributed by atoms with Crippen LogP contribution in [0.5, 0.6) is 0 Å². The number of hydrogen-bond acceptors (Lipinski definition) is 5. The summed E-state index contributed by atoms with van der Waals surface area (Å²) in [5.74, 6) is -0.883. The molecule has 0 radical (unpaired) electrons. The van der Waals surface area contributed by atoms with E-state index in [1.54, 1.807) is 0 Å². The standard InChI is InChI=1S/C17H21NO5/c1-22-16(20)11-15(19)14-9-5-6-10-18(14)17(21)23-12-13-7-3-2-4-8-13/h2-4,7-8,14H,5-6,9-12H2,1H3. The topological polar surface area (TPSA) is 72.9 Å². The molecule has 1 unspecified atom stereocenters. The molecule has 0 spiro atoms. The van der Waals surface area contributed by atoms with E-state index in [-0.39, 0.29) is 18.8 Å². The zero-order chi connectivity index (χ0) is 16.7. The highest BCUT2D eigenvalue weighted by Crippen LogP contribution is 2.20. The highest BCUT2D eigenvalue weighted by Gasteiger charge is 2.33. The first-order chi connectivity index (χ1) is 11.1. The molecule has 1 fully saturated rings. The van der Waals surface area contributed by atoms with E-state index in [1.165, 1.54) is 12.0 Å². The lowest BCUT2D eigenvalue weighted by Gasteiger charge is -2.33. The summed E-state index contributed by atoms with van der Waals surface area (Å²) < 4.78 is 9.82. The van der Waals surface area contributed by atoms with Crippen LogP contribution in [0.15, 0.2) is 30.3 Å². The fourth-order valence-electron chi connectivity index (χ4n) is 2.62. The van der Waals surface area contributed by atoms with Crippen molar-refractivity contribution in [2.75, 3.05) is 13.7 Å².